The van der Waals surface area contributed by atoms with Gasteiger partial charge in [0.2, 0.25) is 0 Å². The number of nitrogens with two attached hydrogens (primary N) is 1. The molecule has 0 unspecified atom stereocenters. The van der Waals surface area contributed by atoms with Crippen LogP contribution in [0.3, 0.4) is 0 Å². The zero-order valence-electron chi connectivity index (χ0n) is 10.0. The summed E-state index contributed by atoms with van der Waals surface area (Å²) in [5, 5.41) is 2.22. The van der Waals surface area contributed by atoms with Gasteiger partial charge in [-0.3, -0.25) is 0 Å². The summed E-state index contributed by atoms with van der Waals surface area (Å²) in [6.45, 7) is 4.65. The van der Waals surface area contributed by atoms with E-state index in [1.807, 2.05) is 0 Å². The lowest BCUT2D eigenvalue weighted by Gasteiger charge is -2.23. The Hall–Kier alpha value is -0.980. The minimum Gasteiger partial charge on any atom is -0.444 e. The predicted octanol–water partition coefficient (Wildman–Crippen LogP) is 1.79. The Morgan fingerprint density at radius 1 is 1.47 bits per heavy atom. The third kappa shape index (κ3) is 3.49. The molecule has 1 rings (SSSR count). The molecule has 0 saturated heterocycles. The van der Waals surface area contributed by atoms with Crippen molar-refractivity contribution in [1.29, 1.82) is 0 Å². The van der Waals surface area contributed by atoms with Crippen molar-refractivity contribution in [2.75, 3.05) is 6.54 Å². The van der Waals surface area contributed by atoms with Crippen LogP contribution < -0.4 is 11.1 Å². The Kier molecular flexibility index (Phi) is 3.35. The van der Waals surface area contributed by atoms with Gasteiger partial charge >= 0.3 is 12.3 Å². The molecule has 4 nitrogen and oxygen atoms in total. The van der Waals surface area contributed by atoms with Gasteiger partial charge in [-0.2, -0.15) is 13.2 Å². The molecular weight excluding hydrogens is 237 g/mol. The smallest absolute Gasteiger partial charge is 0.408 e. The maximum atomic E-state index is 12.5. The van der Waals surface area contributed by atoms with Crippen molar-refractivity contribution in [2.24, 2.45) is 11.7 Å². The topological polar surface area (TPSA) is 64.3 Å². The number of carbonyl (C=O) groups excluding carboxylic acids is 1. The summed E-state index contributed by atoms with van der Waals surface area (Å²) in [6.07, 6.45) is -5.39. The Morgan fingerprint density at radius 2 is 2.00 bits per heavy atom. The summed E-state index contributed by atoms with van der Waals surface area (Å²) in [5.74, 6) is -1.58. The molecule has 0 aromatic carbocycles. The second kappa shape index (κ2) is 4.04. The number of nitrogens with one attached hydrogen (secondary N) is 1. The SMILES string of the molecule is CC(C)(C)OC(=O)N[C@]1(CN)C[C@H]1C(F)(F)F. The molecule has 7 heteroatoms. The van der Waals surface area contributed by atoms with Gasteiger partial charge < -0.3 is 15.8 Å². The summed E-state index contributed by atoms with van der Waals surface area (Å²) in [7, 11) is 0. The van der Waals surface area contributed by atoms with Crippen LogP contribution in [0.25, 0.3) is 0 Å². The van der Waals surface area contributed by atoms with Crippen LogP contribution in [0.5, 0.6) is 0 Å². The van der Waals surface area contributed by atoms with Crippen LogP contribution in [-0.2, 0) is 4.74 Å². The first-order valence-corrected chi connectivity index (χ1v) is 5.28. The van der Waals surface area contributed by atoms with Crippen LogP contribution in [0.4, 0.5) is 18.0 Å². The summed E-state index contributed by atoms with van der Waals surface area (Å²) in [6, 6.07) is 0. The number of alkyl halides is 3. The van der Waals surface area contributed by atoms with Crippen molar-refractivity contribution in [3.63, 3.8) is 0 Å². The molecule has 0 spiro atoms. The van der Waals surface area contributed by atoms with Crippen molar-refractivity contribution in [2.45, 2.75) is 44.5 Å². The normalized spacial score (nSPS) is 28.8. The molecule has 0 radical (unpaired) electrons. The monoisotopic (exact) mass is 254 g/mol. The quantitative estimate of drug-likeness (QED) is 0.789. The average Bonchev–Trinajstić information content (AvgIpc) is 2.75. The van der Waals surface area contributed by atoms with E-state index in [4.69, 9.17) is 10.5 Å². The van der Waals surface area contributed by atoms with E-state index >= 15 is 0 Å². The van der Waals surface area contributed by atoms with Crippen LogP contribution in [-0.4, -0.2) is 30.0 Å². The Labute approximate surface area is 97.7 Å². The number of halogens is 3. The van der Waals surface area contributed by atoms with Gasteiger partial charge in [-0.25, -0.2) is 4.79 Å². The molecule has 100 valence electrons. The lowest BCUT2D eigenvalue weighted by molar-refractivity contribution is -0.152. The zero-order valence-corrected chi connectivity index (χ0v) is 10.0. The molecule has 0 aliphatic heterocycles. The number of amides is 1. The van der Waals surface area contributed by atoms with Crippen LogP contribution >= 0.6 is 0 Å². The van der Waals surface area contributed by atoms with E-state index in [0.29, 0.717) is 0 Å². The second-order valence-electron chi connectivity index (χ2n) is 5.29. The largest absolute Gasteiger partial charge is 0.444 e. The summed E-state index contributed by atoms with van der Waals surface area (Å²) < 4.78 is 42.3. The maximum Gasteiger partial charge on any atom is 0.408 e. The van der Waals surface area contributed by atoms with E-state index in [1.54, 1.807) is 20.8 Å². The van der Waals surface area contributed by atoms with Crippen molar-refractivity contribution in [3.8, 4) is 0 Å². The van der Waals surface area contributed by atoms with E-state index in [0.717, 1.165) is 0 Å². The third-order valence-electron chi connectivity index (χ3n) is 2.58. The highest BCUT2D eigenvalue weighted by Crippen LogP contribution is 2.52. The Morgan fingerprint density at radius 3 is 2.29 bits per heavy atom. The zero-order chi connectivity index (χ0) is 13.5. The molecule has 1 aliphatic carbocycles. The van der Waals surface area contributed by atoms with Crippen molar-refractivity contribution in [3.05, 3.63) is 0 Å². The van der Waals surface area contributed by atoms with E-state index in [9.17, 15) is 18.0 Å². The van der Waals surface area contributed by atoms with E-state index < -0.39 is 29.3 Å². The lowest BCUT2D eigenvalue weighted by Crippen LogP contribution is -2.48. The number of alkyl carbamates (subject to hydrolysis) is 1. The number of hydrogen-bond donors (Lipinski definition) is 2. The van der Waals surface area contributed by atoms with Gasteiger partial charge in [0.15, 0.2) is 0 Å². The van der Waals surface area contributed by atoms with Gasteiger partial charge in [-0.15, -0.1) is 0 Å². The van der Waals surface area contributed by atoms with Gasteiger partial charge in [-0.1, -0.05) is 0 Å². The summed E-state index contributed by atoms with van der Waals surface area (Å²) >= 11 is 0. The van der Waals surface area contributed by atoms with Crippen LogP contribution in [0.2, 0.25) is 0 Å². The molecule has 3 N–H and O–H groups in total. The Bertz CT molecular complexity index is 312. The van der Waals surface area contributed by atoms with Crippen LogP contribution in [0, 0.1) is 5.92 Å². The molecule has 0 aromatic rings. The Balaban J connectivity index is 2.59. The fourth-order valence-electron chi connectivity index (χ4n) is 1.66. The van der Waals surface area contributed by atoms with Gasteiger partial charge in [-0.05, 0) is 27.2 Å². The van der Waals surface area contributed by atoms with Gasteiger partial charge in [0, 0.05) is 6.54 Å². The van der Waals surface area contributed by atoms with E-state index in [-0.39, 0.29) is 13.0 Å². The molecule has 1 fully saturated rings. The van der Waals surface area contributed by atoms with Gasteiger partial charge in [0.1, 0.15) is 5.60 Å². The number of rotatable bonds is 2. The number of hydrogen-bond acceptors (Lipinski definition) is 3. The molecule has 1 saturated carbocycles. The predicted molar refractivity (Wildman–Crippen MR) is 55.3 cm³/mol. The minimum absolute atomic E-state index is 0.188. The lowest BCUT2D eigenvalue weighted by atomic mass is 10.2. The highest BCUT2D eigenvalue weighted by molar-refractivity contribution is 5.69. The molecular formula is C10H17F3N2O2. The van der Waals surface area contributed by atoms with Gasteiger partial charge in [0.05, 0.1) is 11.5 Å². The van der Waals surface area contributed by atoms with E-state index in [1.165, 1.54) is 0 Å². The first-order valence-electron chi connectivity index (χ1n) is 5.28. The molecule has 0 heterocycles. The van der Waals surface area contributed by atoms with Crippen LogP contribution in [0.1, 0.15) is 27.2 Å². The number of ether oxygens (including phenoxy) is 1. The van der Waals surface area contributed by atoms with Crippen LogP contribution in [0.15, 0.2) is 0 Å². The molecule has 0 aromatic heterocycles. The third-order valence-corrected chi connectivity index (χ3v) is 2.58. The molecule has 1 amide bonds. The fraction of sp³-hybridized carbons (Fsp3) is 0.900. The standard InChI is InChI=1S/C10H17F3N2O2/c1-8(2,3)17-7(16)15-9(5-14)4-6(9)10(11,12)13/h6H,4-5,14H2,1-3H3,(H,15,16)/t6-,9+/m1/s1. The summed E-state index contributed by atoms with van der Waals surface area (Å²) in [4.78, 5) is 11.4. The van der Waals surface area contributed by atoms with Gasteiger partial charge in [0.25, 0.3) is 0 Å². The summed E-state index contributed by atoms with van der Waals surface area (Å²) in [5.41, 5.74) is 3.16. The second-order valence-corrected chi connectivity index (χ2v) is 5.29. The van der Waals surface area contributed by atoms with Crippen molar-refractivity contribution >= 4 is 6.09 Å². The molecule has 2 atom stereocenters. The highest BCUT2D eigenvalue weighted by Gasteiger charge is 2.67. The average molecular weight is 254 g/mol. The van der Waals surface area contributed by atoms with Crippen molar-refractivity contribution < 1.29 is 22.7 Å². The van der Waals surface area contributed by atoms with Crippen molar-refractivity contribution in [1.82, 2.24) is 5.32 Å². The molecule has 17 heavy (non-hydrogen) atoms. The van der Waals surface area contributed by atoms with E-state index in [2.05, 4.69) is 5.32 Å². The first-order chi connectivity index (χ1) is 7.50. The fourth-order valence-corrected chi connectivity index (χ4v) is 1.66. The highest BCUT2D eigenvalue weighted by atomic mass is 19.4. The maximum absolute atomic E-state index is 12.5. The number of carbonyl (C=O) groups is 1. The first kappa shape index (κ1) is 14.1. The molecule has 0 bridgehead atoms. The molecule has 1 aliphatic rings. The minimum atomic E-state index is -4.34.